The summed E-state index contributed by atoms with van der Waals surface area (Å²) in [5.74, 6) is 0.0557. The van der Waals surface area contributed by atoms with Crippen LogP contribution in [0.2, 0.25) is 4.34 Å². The van der Waals surface area contributed by atoms with Crippen molar-refractivity contribution in [2.75, 3.05) is 6.54 Å². The number of nitrogens with one attached hydrogen (secondary N) is 2. The zero-order chi connectivity index (χ0) is 15.5. The first-order valence-corrected chi connectivity index (χ1v) is 9.40. The summed E-state index contributed by atoms with van der Waals surface area (Å²) in [6.07, 6.45) is 2.32. The van der Waals surface area contributed by atoms with Gasteiger partial charge in [0.15, 0.2) is 0 Å². The number of piperidine rings is 1. The van der Waals surface area contributed by atoms with Crippen LogP contribution in [0.4, 0.5) is 0 Å². The van der Waals surface area contributed by atoms with Crippen LogP contribution in [0.1, 0.15) is 25.5 Å². The molecule has 3 rings (SSSR count). The van der Waals surface area contributed by atoms with Gasteiger partial charge in [0.1, 0.15) is 5.01 Å². The van der Waals surface area contributed by atoms with Gasteiger partial charge in [0.25, 0.3) is 0 Å². The molecule has 0 spiro atoms. The van der Waals surface area contributed by atoms with Crippen molar-refractivity contribution >= 4 is 40.2 Å². The van der Waals surface area contributed by atoms with Crippen LogP contribution in [0, 0.1) is 0 Å². The first-order valence-electron chi connectivity index (χ1n) is 7.33. The van der Waals surface area contributed by atoms with Crippen LogP contribution in [-0.2, 0) is 11.2 Å². The third-order valence-electron chi connectivity index (χ3n) is 3.67. The minimum atomic E-state index is 0.0557. The van der Waals surface area contributed by atoms with E-state index in [-0.39, 0.29) is 11.9 Å². The Hall–Kier alpha value is -0.950. The Kier molecular flexibility index (Phi) is 5.13. The minimum Gasteiger partial charge on any atom is -0.353 e. The molecule has 7 heteroatoms. The lowest BCUT2D eigenvalue weighted by atomic mass is 10.0. The molecule has 1 fully saturated rings. The number of halogens is 1. The van der Waals surface area contributed by atoms with E-state index in [1.165, 1.54) is 11.3 Å². The lowest BCUT2D eigenvalue weighted by Crippen LogP contribution is -2.46. The van der Waals surface area contributed by atoms with Crippen molar-refractivity contribution in [3.63, 3.8) is 0 Å². The lowest BCUT2D eigenvalue weighted by Gasteiger charge is -2.28. The fourth-order valence-electron chi connectivity index (χ4n) is 2.64. The molecule has 2 aromatic heterocycles. The Morgan fingerprint density at radius 3 is 3.14 bits per heavy atom. The summed E-state index contributed by atoms with van der Waals surface area (Å²) < 4.78 is 0.754. The Morgan fingerprint density at radius 1 is 1.55 bits per heavy atom. The molecular weight excluding hydrogens is 338 g/mol. The van der Waals surface area contributed by atoms with E-state index in [2.05, 4.69) is 22.5 Å². The number of thiophene rings is 1. The molecule has 0 aromatic carbocycles. The van der Waals surface area contributed by atoms with Crippen LogP contribution in [-0.4, -0.2) is 29.5 Å². The molecular formula is C15H18ClN3OS2. The van der Waals surface area contributed by atoms with E-state index in [1.54, 1.807) is 11.3 Å². The number of hydrogen-bond donors (Lipinski definition) is 2. The van der Waals surface area contributed by atoms with Crippen molar-refractivity contribution in [2.45, 2.75) is 38.3 Å². The number of nitrogens with zero attached hydrogens (tertiary/aromatic N) is 1. The van der Waals surface area contributed by atoms with Crippen LogP contribution in [0.3, 0.4) is 0 Å². The van der Waals surface area contributed by atoms with Gasteiger partial charge in [-0.3, -0.25) is 4.79 Å². The van der Waals surface area contributed by atoms with Gasteiger partial charge in [-0.2, -0.15) is 0 Å². The normalized spacial score (nSPS) is 21.7. The summed E-state index contributed by atoms with van der Waals surface area (Å²) in [4.78, 5) is 17.7. The van der Waals surface area contributed by atoms with Crippen molar-refractivity contribution in [1.82, 2.24) is 15.6 Å². The predicted octanol–water partition coefficient (Wildman–Crippen LogP) is 3.32. The number of aromatic nitrogens is 1. The van der Waals surface area contributed by atoms with E-state index in [1.807, 2.05) is 17.5 Å². The second-order valence-electron chi connectivity index (χ2n) is 5.57. The SMILES string of the molecule is CC1CC(NC(=O)Cc2csc(-c3ccc(Cl)s3)n2)CCN1. The molecule has 1 aliphatic rings. The van der Waals surface area contributed by atoms with Crippen molar-refractivity contribution in [1.29, 1.82) is 0 Å². The van der Waals surface area contributed by atoms with Gasteiger partial charge in [-0.1, -0.05) is 11.6 Å². The number of thiazole rings is 1. The lowest BCUT2D eigenvalue weighted by molar-refractivity contribution is -0.121. The summed E-state index contributed by atoms with van der Waals surface area (Å²) >= 11 is 9.01. The van der Waals surface area contributed by atoms with E-state index < -0.39 is 0 Å². The van der Waals surface area contributed by atoms with Gasteiger partial charge in [0.05, 0.1) is 21.3 Å². The maximum absolute atomic E-state index is 12.2. The maximum Gasteiger partial charge on any atom is 0.226 e. The number of carbonyl (C=O) groups excluding carboxylic acids is 1. The average Bonchev–Trinajstić information content (AvgIpc) is 3.07. The fraction of sp³-hybridized carbons (Fsp3) is 0.467. The Balaban J connectivity index is 1.56. The van der Waals surface area contributed by atoms with Gasteiger partial charge in [0, 0.05) is 17.5 Å². The van der Waals surface area contributed by atoms with Crippen molar-refractivity contribution in [2.24, 2.45) is 0 Å². The molecule has 0 saturated carbocycles. The van der Waals surface area contributed by atoms with Gasteiger partial charge in [0.2, 0.25) is 5.91 Å². The quantitative estimate of drug-likeness (QED) is 0.884. The van der Waals surface area contributed by atoms with Gasteiger partial charge in [-0.25, -0.2) is 4.98 Å². The minimum absolute atomic E-state index is 0.0557. The summed E-state index contributed by atoms with van der Waals surface area (Å²) in [6, 6.07) is 4.58. The average molecular weight is 356 g/mol. The van der Waals surface area contributed by atoms with E-state index >= 15 is 0 Å². The molecule has 1 saturated heterocycles. The van der Waals surface area contributed by atoms with Gasteiger partial charge in [-0.15, -0.1) is 22.7 Å². The van der Waals surface area contributed by atoms with Crippen molar-refractivity contribution in [3.05, 3.63) is 27.5 Å². The van der Waals surface area contributed by atoms with E-state index in [4.69, 9.17) is 11.6 Å². The molecule has 118 valence electrons. The highest BCUT2D eigenvalue weighted by Crippen LogP contribution is 2.32. The molecule has 2 atom stereocenters. The molecule has 1 amide bonds. The molecule has 0 bridgehead atoms. The van der Waals surface area contributed by atoms with Gasteiger partial charge >= 0.3 is 0 Å². The van der Waals surface area contributed by atoms with Crippen LogP contribution in [0.15, 0.2) is 17.5 Å². The number of rotatable bonds is 4. The summed E-state index contributed by atoms with van der Waals surface area (Å²) in [6.45, 7) is 3.11. The highest BCUT2D eigenvalue weighted by Gasteiger charge is 2.20. The second-order valence-corrected chi connectivity index (χ2v) is 8.14. The smallest absolute Gasteiger partial charge is 0.226 e. The molecule has 0 aliphatic carbocycles. The molecule has 1 aliphatic heterocycles. The van der Waals surface area contributed by atoms with Crippen molar-refractivity contribution in [3.8, 4) is 9.88 Å². The number of carbonyl (C=O) groups is 1. The van der Waals surface area contributed by atoms with Crippen molar-refractivity contribution < 1.29 is 4.79 Å². The molecule has 2 unspecified atom stereocenters. The van der Waals surface area contributed by atoms with Crippen LogP contribution >= 0.6 is 34.3 Å². The predicted molar refractivity (Wildman–Crippen MR) is 92.8 cm³/mol. The molecule has 4 nitrogen and oxygen atoms in total. The second kappa shape index (κ2) is 7.08. The van der Waals surface area contributed by atoms with Crippen LogP contribution < -0.4 is 10.6 Å². The van der Waals surface area contributed by atoms with E-state index in [9.17, 15) is 4.79 Å². The van der Waals surface area contributed by atoms with E-state index in [0.717, 1.165) is 39.3 Å². The molecule has 3 heterocycles. The zero-order valence-electron chi connectivity index (χ0n) is 12.3. The third-order valence-corrected chi connectivity index (χ3v) is 5.96. The molecule has 2 N–H and O–H groups in total. The Morgan fingerprint density at radius 2 is 2.41 bits per heavy atom. The fourth-order valence-corrected chi connectivity index (χ4v) is 4.57. The summed E-state index contributed by atoms with van der Waals surface area (Å²) in [5.41, 5.74) is 0.823. The highest BCUT2D eigenvalue weighted by atomic mass is 35.5. The molecule has 22 heavy (non-hydrogen) atoms. The first-order chi connectivity index (χ1) is 10.6. The number of hydrogen-bond acceptors (Lipinski definition) is 5. The number of amides is 1. The largest absolute Gasteiger partial charge is 0.353 e. The standard InChI is InChI=1S/C15H18ClN3OS2/c1-9-6-10(4-5-17-9)18-14(20)7-11-8-21-15(19-11)12-2-3-13(16)22-12/h2-3,8-10,17H,4-7H2,1H3,(H,18,20). The summed E-state index contributed by atoms with van der Waals surface area (Å²) in [5, 5.41) is 9.38. The van der Waals surface area contributed by atoms with E-state index in [0.29, 0.717) is 12.5 Å². The third kappa shape index (κ3) is 4.07. The van der Waals surface area contributed by atoms with Gasteiger partial charge in [-0.05, 0) is 38.4 Å². The summed E-state index contributed by atoms with van der Waals surface area (Å²) in [7, 11) is 0. The molecule has 2 aromatic rings. The van der Waals surface area contributed by atoms with Crippen LogP contribution in [0.25, 0.3) is 9.88 Å². The highest BCUT2D eigenvalue weighted by molar-refractivity contribution is 7.23. The Bertz CT molecular complexity index is 655. The maximum atomic E-state index is 12.2. The van der Waals surface area contributed by atoms with Crippen LogP contribution in [0.5, 0.6) is 0 Å². The van der Waals surface area contributed by atoms with Gasteiger partial charge < -0.3 is 10.6 Å². The topological polar surface area (TPSA) is 54.0 Å². The zero-order valence-corrected chi connectivity index (χ0v) is 14.7. The monoisotopic (exact) mass is 355 g/mol. The molecule has 0 radical (unpaired) electrons. The Labute approximate surface area is 142 Å². The first kappa shape index (κ1) is 15.9.